The average molecular weight is 329 g/mol. The van der Waals surface area contributed by atoms with Gasteiger partial charge in [0, 0.05) is 25.0 Å². The van der Waals surface area contributed by atoms with Crippen LogP contribution in [0.3, 0.4) is 0 Å². The van der Waals surface area contributed by atoms with Crippen LogP contribution in [0.1, 0.15) is 18.6 Å². The van der Waals surface area contributed by atoms with Gasteiger partial charge in [0.25, 0.3) is 0 Å². The number of aliphatic hydroxyl groups excluding tert-OH is 1. The van der Waals surface area contributed by atoms with Gasteiger partial charge in [-0.1, -0.05) is 12.1 Å². The summed E-state index contributed by atoms with van der Waals surface area (Å²) in [6.45, 7) is 2.88. The molecule has 2 rings (SSSR count). The van der Waals surface area contributed by atoms with E-state index in [1.807, 2.05) is 19.2 Å². The molecule has 0 radical (unpaired) electrons. The first kappa shape index (κ1) is 17.3. The number of rotatable bonds is 7. The smallest absolute Gasteiger partial charge is 0.406 e. The molecule has 0 aliphatic rings. The number of aliphatic hydroxyl groups is 1. The standard InChI is InChI=1S/C15H18F3N3O2/c1-11(10-21-8-2-7-20-21)19-9-14(22)12-3-5-13(6-4-12)23-15(16,17)18/h2-8,11,14,19,22H,9-10H2,1H3. The van der Waals surface area contributed by atoms with Crippen LogP contribution in [0.4, 0.5) is 13.2 Å². The van der Waals surface area contributed by atoms with E-state index < -0.39 is 12.5 Å². The molecule has 1 aromatic heterocycles. The fraction of sp³-hybridized carbons (Fsp3) is 0.400. The zero-order valence-electron chi connectivity index (χ0n) is 12.5. The van der Waals surface area contributed by atoms with Crippen LogP contribution >= 0.6 is 0 Å². The van der Waals surface area contributed by atoms with Crippen LogP contribution in [0.5, 0.6) is 5.75 Å². The van der Waals surface area contributed by atoms with Crippen molar-refractivity contribution in [2.24, 2.45) is 0 Å². The minimum atomic E-state index is -4.72. The Bertz CT molecular complexity index is 585. The lowest BCUT2D eigenvalue weighted by Gasteiger charge is -2.18. The summed E-state index contributed by atoms with van der Waals surface area (Å²) in [4.78, 5) is 0. The van der Waals surface area contributed by atoms with Crippen molar-refractivity contribution in [3.8, 4) is 5.75 Å². The first-order valence-electron chi connectivity index (χ1n) is 7.08. The van der Waals surface area contributed by atoms with Gasteiger partial charge in [-0.15, -0.1) is 13.2 Å². The highest BCUT2D eigenvalue weighted by molar-refractivity contribution is 5.28. The van der Waals surface area contributed by atoms with E-state index in [1.165, 1.54) is 24.3 Å². The summed E-state index contributed by atoms with van der Waals surface area (Å²) in [6.07, 6.45) is -2.01. The van der Waals surface area contributed by atoms with Crippen LogP contribution in [0.2, 0.25) is 0 Å². The van der Waals surface area contributed by atoms with Gasteiger partial charge < -0.3 is 15.2 Å². The van der Waals surface area contributed by atoms with Gasteiger partial charge in [0.2, 0.25) is 0 Å². The Balaban J connectivity index is 1.82. The van der Waals surface area contributed by atoms with Crippen molar-refractivity contribution in [3.63, 3.8) is 0 Å². The summed E-state index contributed by atoms with van der Waals surface area (Å²) in [5, 5.41) is 17.3. The Morgan fingerprint density at radius 2 is 2.00 bits per heavy atom. The third-order valence-electron chi connectivity index (χ3n) is 3.18. The number of hydrogen-bond donors (Lipinski definition) is 2. The molecule has 0 saturated heterocycles. The molecule has 2 aromatic rings. The number of nitrogens with zero attached hydrogens (tertiary/aromatic N) is 2. The maximum Gasteiger partial charge on any atom is 0.573 e. The molecule has 2 unspecified atom stereocenters. The van der Waals surface area contributed by atoms with E-state index >= 15 is 0 Å². The lowest BCUT2D eigenvalue weighted by Crippen LogP contribution is -2.33. The van der Waals surface area contributed by atoms with Gasteiger partial charge in [-0.3, -0.25) is 4.68 Å². The third kappa shape index (κ3) is 5.91. The lowest BCUT2D eigenvalue weighted by atomic mass is 10.1. The number of alkyl halides is 3. The van der Waals surface area contributed by atoms with Crippen molar-refractivity contribution in [1.82, 2.24) is 15.1 Å². The van der Waals surface area contributed by atoms with E-state index in [0.29, 0.717) is 12.1 Å². The molecule has 8 heteroatoms. The van der Waals surface area contributed by atoms with Crippen molar-refractivity contribution in [2.75, 3.05) is 6.54 Å². The number of nitrogens with one attached hydrogen (secondary N) is 1. The highest BCUT2D eigenvalue weighted by atomic mass is 19.4. The fourth-order valence-electron chi connectivity index (χ4n) is 2.08. The van der Waals surface area contributed by atoms with E-state index in [0.717, 1.165) is 0 Å². The third-order valence-corrected chi connectivity index (χ3v) is 3.18. The summed E-state index contributed by atoms with van der Waals surface area (Å²) >= 11 is 0. The summed E-state index contributed by atoms with van der Waals surface area (Å²) in [5.41, 5.74) is 0.512. The molecule has 1 heterocycles. The molecule has 126 valence electrons. The van der Waals surface area contributed by atoms with Gasteiger partial charge >= 0.3 is 6.36 Å². The van der Waals surface area contributed by atoms with Gasteiger partial charge in [0.1, 0.15) is 5.75 Å². The molecule has 0 aliphatic carbocycles. The Hall–Kier alpha value is -2.06. The van der Waals surface area contributed by atoms with Crippen molar-refractivity contribution in [2.45, 2.75) is 32.0 Å². The second-order valence-corrected chi connectivity index (χ2v) is 5.17. The molecule has 0 saturated carbocycles. The first-order chi connectivity index (χ1) is 10.8. The van der Waals surface area contributed by atoms with Crippen molar-refractivity contribution in [3.05, 3.63) is 48.3 Å². The molecule has 0 amide bonds. The molecular formula is C15H18F3N3O2. The zero-order chi connectivity index (χ0) is 16.9. The van der Waals surface area contributed by atoms with Crippen LogP contribution in [0, 0.1) is 0 Å². The van der Waals surface area contributed by atoms with Gasteiger partial charge in [0.05, 0.1) is 12.6 Å². The fourth-order valence-corrected chi connectivity index (χ4v) is 2.08. The van der Waals surface area contributed by atoms with Gasteiger partial charge in [-0.05, 0) is 30.7 Å². The van der Waals surface area contributed by atoms with Crippen molar-refractivity contribution in [1.29, 1.82) is 0 Å². The van der Waals surface area contributed by atoms with E-state index in [2.05, 4.69) is 15.2 Å². The molecule has 0 bridgehead atoms. The SMILES string of the molecule is CC(Cn1cccn1)NCC(O)c1ccc(OC(F)(F)F)cc1. The van der Waals surface area contributed by atoms with E-state index in [4.69, 9.17) is 0 Å². The summed E-state index contributed by atoms with van der Waals surface area (Å²) < 4.78 is 41.8. The number of aromatic nitrogens is 2. The molecular weight excluding hydrogens is 311 g/mol. The Morgan fingerprint density at radius 1 is 1.30 bits per heavy atom. The minimum Gasteiger partial charge on any atom is -0.406 e. The predicted octanol–water partition coefficient (Wildman–Crippen LogP) is 2.49. The highest BCUT2D eigenvalue weighted by Gasteiger charge is 2.31. The molecule has 1 aromatic carbocycles. The van der Waals surface area contributed by atoms with E-state index in [9.17, 15) is 18.3 Å². The topological polar surface area (TPSA) is 59.3 Å². The van der Waals surface area contributed by atoms with Crippen molar-refractivity contribution < 1.29 is 23.0 Å². The monoisotopic (exact) mass is 329 g/mol. The molecule has 23 heavy (non-hydrogen) atoms. The lowest BCUT2D eigenvalue weighted by molar-refractivity contribution is -0.274. The Labute approximate surface area is 131 Å². The van der Waals surface area contributed by atoms with Crippen LogP contribution in [-0.2, 0) is 6.54 Å². The predicted molar refractivity (Wildman–Crippen MR) is 77.8 cm³/mol. The molecule has 5 nitrogen and oxygen atoms in total. The molecule has 2 atom stereocenters. The van der Waals surface area contributed by atoms with Crippen LogP contribution < -0.4 is 10.1 Å². The molecule has 0 spiro atoms. The van der Waals surface area contributed by atoms with E-state index in [-0.39, 0.29) is 18.3 Å². The molecule has 2 N–H and O–H groups in total. The second-order valence-electron chi connectivity index (χ2n) is 5.17. The quantitative estimate of drug-likeness (QED) is 0.819. The van der Waals surface area contributed by atoms with Crippen molar-refractivity contribution >= 4 is 0 Å². The number of benzene rings is 1. The van der Waals surface area contributed by atoms with Crippen LogP contribution in [0.25, 0.3) is 0 Å². The first-order valence-corrected chi connectivity index (χ1v) is 7.08. The summed E-state index contributed by atoms with van der Waals surface area (Å²) in [7, 11) is 0. The Morgan fingerprint density at radius 3 is 2.57 bits per heavy atom. The zero-order valence-corrected chi connectivity index (χ0v) is 12.5. The molecule has 0 aliphatic heterocycles. The minimum absolute atomic E-state index is 0.0809. The largest absolute Gasteiger partial charge is 0.573 e. The number of halogens is 3. The van der Waals surface area contributed by atoms with Gasteiger partial charge in [-0.2, -0.15) is 5.10 Å². The maximum absolute atomic E-state index is 12.1. The Kier molecular flexibility index (Phi) is 5.62. The van der Waals surface area contributed by atoms with E-state index in [1.54, 1.807) is 10.9 Å². The van der Waals surface area contributed by atoms with Gasteiger partial charge in [-0.25, -0.2) is 0 Å². The maximum atomic E-state index is 12.1. The highest BCUT2D eigenvalue weighted by Crippen LogP contribution is 2.24. The normalized spacial score (nSPS) is 14.5. The second kappa shape index (κ2) is 7.47. The summed E-state index contributed by atoms with van der Waals surface area (Å²) in [6, 6.07) is 7.08. The number of hydrogen-bond acceptors (Lipinski definition) is 4. The van der Waals surface area contributed by atoms with Gasteiger partial charge in [0.15, 0.2) is 0 Å². The van der Waals surface area contributed by atoms with Crippen LogP contribution in [-0.4, -0.2) is 33.8 Å². The number of ether oxygens (including phenoxy) is 1. The van der Waals surface area contributed by atoms with Crippen LogP contribution in [0.15, 0.2) is 42.7 Å². The summed E-state index contributed by atoms with van der Waals surface area (Å²) in [5.74, 6) is -0.312. The molecule has 0 fully saturated rings. The average Bonchev–Trinajstić information content (AvgIpc) is 2.97.